The summed E-state index contributed by atoms with van der Waals surface area (Å²) < 4.78 is 14.1. The lowest BCUT2D eigenvalue weighted by Crippen LogP contribution is -2.26. The zero-order valence-electron chi connectivity index (χ0n) is 8.22. The summed E-state index contributed by atoms with van der Waals surface area (Å²) in [5, 5.41) is -0.194. The van der Waals surface area contributed by atoms with Gasteiger partial charge in [0.05, 0.1) is 4.47 Å². The first-order chi connectivity index (χ1) is 7.82. The number of nitrogens with two attached hydrogens (primary N) is 3. The van der Waals surface area contributed by atoms with E-state index in [9.17, 15) is 4.39 Å². The van der Waals surface area contributed by atoms with Gasteiger partial charge in [-0.05, 0) is 37.9 Å². The van der Waals surface area contributed by atoms with Crippen molar-refractivity contribution in [3.05, 3.63) is 25.9 Å². The molecule has 0 heterocycles. The van der Waals surface area contributed by atoms with Crippen molar-refractivity contribution in [3.63, 3.8) is 0 Å². The quantitative estimate of drug-likeness (QED) is 0.298. The molecule has 0 atom stereocenters. The Labute approximate surface area is 118 Å². The highest BCUT2D eigenvalue weighted by Crippen LogP contribution is 2.39. The minimum Gasteiger partial charge on any atom is -0.370 e. The van der Waals surface area contributed by atoms with Crippen molar-refractivity contribution in [2.75, 3.05) is 0 Å². The molecule has 0 radical (unpaired) electrons. The largest absolute Gasteiger partial charge is 0.370 e. The molecule has 0 unspecified atom stereocenters. The Balaban J connectivity index is 3.34. The number of guanidine groups is 2. The van der Waals surface area contributed by atoms with E-state index in [0.29, 0.717) is 4.47 Å². The zero-order chi connectivity index (χ0) is 13.2. The van der Waals surface area contributed by atoms with Crippen molar-refractivity contribution in [1.82, 2.24) is 0 Å². The number of benzene rings is 1. The molecule has 0 saturated carbocycles. The number of nitrogens with zero attached hydrogens (tertiary/aromatic N) is 2. The molecular formula is C8H7Br2ClFN5. The van der Waals surface area contributed by atoms with Crippen LogP contribution in [0, 0.1) is 5.82 Å². The second kappa shape index (κ2) is 5.65. The van der Waals surface area contributed by atoms with E-state index in [0.717, 1.165) is 0 Å². The van der Waals surface area contributed by atoms with Crippen molar-refractivity contribution >= 4 is 61.1 Å². The fourth-order valence-corrected chi connectivity index (χ4v) is 2.66. The summed E-state index contributed by atoms with van der Waals surface area (Å²) in [5.41, 5.74) is 15.8. The second-order valence-corrected chi connectivity index (χ2v) is 4.91. The van der Waals surface area contributed by atoms with Gasteiger partial charge in [0.1, 0.15) is 10.7 Å². The van der Waals surface area contributed by atoms with Crippen LogP contribution < -0.4 is 17.2 Å². The SMILES string of the molecule is NC(N)=NC(N)=Nc1c(Br)cc(Br)c(F)c1Cl. The first kappa shape index (κ1) is 14.2. The number of rotatable bonds is 1. The molecule has 0 bridgehead atoms. The summed E-state index contributed by atoms with van der Waals surface area (Å²) in [5.74, 6) is -1.13. The van der Waals surface area contributed by atoms with E-state index in [-0.39, 0.29) is 27.1 Å². The molecule has 0 aliphatic rings. The third-order valence-electron chi connectivity index (χ3n) is 1.56. The third-order valence-corrected chi connectivity index (χ3v) is 3.09. The highest BCUT2D eigenvalue weighted by atomic mass is 79.9. The zero-order valence-corrected chi connectivity index (χ0v) is 12.1. The molecule has 0 aromatic heterocycles. The lowest BCUT2D eigenvalue weighted by atomic mass is 10.3. The van der Waals surface area contributed by atoms with Crippen LogP contribution in [0.5, 0.6) is 0 Å². The van der Waals surface area contributed by atoms with E-state index in [1.54, 1.807) is 0 Å². The Morgan fingerprint density at radius 1 is 1.24 bits per heavy atom. The summed E-state index contributed by atoms with van der Waals surface area (Å²) in [4.78, 5) is 7.30. The smallest absolute Gasteiger partial charge is 0.223 e. The fourth-order valence-electron chi connectivity index (χ4n) is 0.931. The van der Waals surface area contributed by atoms with Gasteiger partial charge in [0, 0.05) is 4.47 Å². The summed E-state index contributed by atoms with van der Waals surface area (Å²) in [6, 6.07) is 1.45. The van der Waals surface area contributed by atoms with Gasteiger partial charge < -0.3 is 17.2 Å². The lowest BCUT2D eigenvalue weighted by Gasteiger charge is -2.05. The maximum Gasteiger partial charge on any atom is 0.223 e. The number of halogens is 4. The maximum absolute atomic E-state index is 13.5. The standard InChI is InChI=1S/C8H7Br2ClFN5/c9-2-1-3(10)6(4(11)5(2)12)16-8(15)17-7(13)14/h1H,(H6,13,14,15,16,17). The predicted octanol–water partition coefficient (Wildman–Crippen LogP) is 2.22. The van der Waals surface area contributed by atoms with Gasteiger partial charge in [-0.15, -0.1) is 0 Å². The number of aliphatic imine (C=N–C) groups is 2. The minimum atomic E-state index is -0.647. The Morgan fingerprint density at radius 2 is 1.82 bits per heavy atom. The van der Waals surface area contributed by atoms with Crippen LogP contribution in [-0.4, -0.2) is 11.9 Å². The molecule has 0 spiro atoms. The van der Waals surface area contributed by atoms with Crippen LogP contribution in [0.25, 0.3) is 0 Å². The van der Waals surface area contributed by atoms with Crippen LogP contribution in [0.15, 0.2) is 25.0 Å². The highest BCUT2D eigenvalue weighted by Gasteiger charge is 2.14. The fraction of sp³-hybridized carbons (Fsp3) is 0. The van der Waals surface area contributed by atoms with E-state index in [2.05, 4.69) is 41.8 Å². The highest BCUT2D eigenvalue weighted by molar-refractivity contribution is 9.11. The third kappa shape index (κ3) is 3.55. The molecule has 17 heavy (non-hydrogen) atoms. The Bertz CT molecular complexity index is 513. The number of hydrogen-bond donors (Lipinski definition) is 3. The van der Waals surface area contributed by atoms with Crippen LogP contribution in [0.3, 0.4) is 0 Å². The second-order valence-electron chi connectivity index (χ2n) is 2.82. The van der Waals surface area contributed by atoms with Crippen LogP contribution in [-0.2, 0) is 0 Å². The van der Waals surface area contributed by atoms with Crippen LogP contribution >= 0.6 is 43.5 Å². The predicted molar refractivity (Wildman–Crippen MR) is 73.9 cm³/mol. The van der Waals surface area contributed by atoms with Crippen LogP contribution in [0.1, 0.15) is 0 Å². The first-order valence-electron chi connectivity index (χ1n) is 4.09. The Hall–Kier alpha value is -0.860. The van der Waals surface area contributed by atoms with Gasteiger partial charge in [0.25, 0.3) is 0 Å². The minimum absolute atomic E-state index is 0.106. The average molecular weight is 387 g/mol. The van der Waals surface area contributed by atoms with Crippen molar-refractivity contribution < 1.29 is 4.39 Å². The van der Waals surface area contributed by atoms with Crippen LogP contribution in [0.2, 0.25) is 5.02 Å². The molecule has 0 fully saturated rings. The summed E-state index contributed by atoms with van der Waals surface area (Å²) >= 11 is 11.9. The van der Waals surface area contributed by atoms with E-state index in [1.807, 2.05) is 0 Å². The average Bonchev–Trinajstić information content (AvgIpc) is 2.20. The molecule has 1 rings (SSSR count). The van der Waals surface area contributed by atoms with Gasteiger partial charge in [0.2, 0.25) is 5.96 Å². The van der Waals surface area contributed by atoms with E-state index in [1.165, 1.54) is 6.07 Å². The molecule has 5 nitrogen and oxygen atoms in total. The van der Waals surface area contributed by atoms with Gasteiger partial charge in [-0.2, -0.15) is 4.99 Å². The van der Waals surface area contributed by atoms with E-state index >= 15 is 0 Å². The van der Waals surface area contributed by atoms with Gasteiger partial charge in [-0.3, -0.25) is 0 Å². The van der Waals surface area contributed by atoms with Crippen LogP contribution in [0.4, 0.5) is 10.1 Å². The van der Waals surface area contributed by atoms with Crippen molar-refractivity contribution in [2.45, 2.75) is 0 Å². The molecule has 9 heteroatoms. The molecule has 0 amide bonds. The molecular weight excluding hydrogens is 380 g/mol. The van der Waals surface area contributed by atoms with Gasteiger partial charge in [-0.25, -0.2) is 9.38 Å². The van der Waals surface area contributed by atoms with Gasteiger partial charge in [0.15, 0.2) is 11.8 Å². The molecule has 1 aromatic rings. The first-order valence-corrected chi connectivity index (χ1v) is 6.06. The summed E-state index contributed by atoms with van der Waals surface area (Å²) in [6.45, 7) is 0. The molecule has 0 aliphatic carbocycles. The Kier molecular flexibility index (Phi) is 4.72. The molecule has 0 saturated heterocycles. The van der Waals surface area contributed by atoms with E-state index < -0.39 is 5.82 Å². The van der Waals surface area contributed by atoms with Crippen molar-refractivity contribution in [2.24, 2.45) is 27.2 Å². The summed E-state index contributed by atoms with van der Waals surface area (Å²) in [7, 11) is 0. The van der Waals surface area contributed by atoms with E-state index in [4.69, 9.17) is 28.8 Å². The molecule has 6 N–H and O–H groups in total. The topological polar surface area (TPSA) is 103 Å². The normalized spacial score (nSPS) is 11.4. The Morgan fingerprint density at radius 3 is 2.35 bits per heavy atom. The van der Waals surface area contributed by atoms with Crippen molar-refractivity contribution in [1.29, 1.82) is 0 Å². The molecule has 0 aliphatic heterocycles. The monoisotopic (exact) mass is 385 g/mol. The van der Waals surface area contributed by atoms with Gasteiger partial charge >= 0.3 is 0 Å². The van der Waals surface area contributed by atoms with Gasteiger partial charge in [-0.1, -0.05) is 11.6 Å². The maximum atomic E-state index is 13.5. The summed E-state index contributed by atoms with van der Waals surface area (Å²) in [6.07, 6.45) is 0. The number of hydrogen-bond acceptors (Lipinski definition) is 1. The molecule has 92 valence electrons. The lowest BCUT2D eigenvalue weighted by molar-refractivity contribution is 0.621. The van der Waals surface area contributed by atoms with Crippen molar-refractivity contribution in [3.8, 4) is 0 Å². The molecule has 1 aromatic carbocycles.